The van der Waals surface area contributed by atoms with Crippen LogP contribution in [0.2, 0.25) is 0 Å². The Morgan fingerprint density at radius 2 is 1.62 bits per heavy atom. The lowest BCUT2D eigenvalue weighted by molar-refractivity contribution is -0.155. The summed E-state index contributed by atoms with van der Waals surface area (Å²) in [6, 6.07) is 19.9. The molecular weight excluding hydrogens is 360 g/mol. The Hall–Kier alpha value is -2.94. The fourth-order valence-corrected chi connectivity index (χ4v) is 4.28. The summed E-state index contributed by atoms with van der Waals surface area (Å²) in [6.07, 6.45) is 2.73. The Bertz CT molecular complexity index is 954. The number of carbonyl (C=O) groups is 2. The van der Waals surface area contributed by atoms with E-state index in [0.717, 1.165) is 28.7 Å². The zero-order valence-corrected chi connectivity index (χ0v) is 17.6. The third-order valence-corrected chi connectivity index (χ3v) is 5.83. The molecule has 1 aliphatic carbocycles. The summed E-state index contributed by atoms with van der Waals surface area (Å²) in [5.74, 6) is -0.793. The molecule has 0 N–H and O–H groups in total. The number of hydrogen-bond donors (Lipinski definition) is 0. The van der Waals surface area contributed by atoms with Crippen LogP contribution in [0.15, 0.2) is 77.4 Å². The minimum Gasteiger partial charge on any atom is -0.465 e. The van der Waals surface area contributed by atoms with Crippen LogP contribution in [0.3, 0.4) is 0 Å². The van der Waals surface area contributed by atoms with Gasteiger partial charge in [-0.2, -0.15) is 0 Å². The molecule has 0 amide bonds. The highest BCUT2D eigenvalue weighted by Gasteiger charge is 2.52. The van der Waals surface area contributed by atoms with Crippen LogP contribution in [0.4, 0.5) is 0 Å². The molecule has 0 unspecified atom stereocenters. The van der Waals surface area contributed by atoms with Crippen molar-refractivity contribution in [2.75, 3.05) is 6.61 Å². The normalized spacial score (nSPS) is 23.4. The number of rotatable bonds is 5. The molecule has 0 spiro atoms. The van der Waals surface area contributed by atoms with Crippen molar-refractivity contribution in [2.45, 2.75) is 40.0 Å². The predicted octanol–water partition coefficient (Wildman–Crippen LogP) is 5.73. The summed E-state index contributed by atoms with van der Waals surface area (Å²) < 4.78 is 5.40. The lowest BCUT2D eigenvalue weighted by Gasteiger charge is -2.40. The summed E-state index contributed by atoms with van der Waals surface area (Å²) in [6.45, 7) is 7.63. The second-order valence-corrected chi connectivity index (χ2v) is 7.53. The third-order valence-electron chi connectivity index (χ3n) is 5.83. The van der Waals surface area contributed by atoms with Gasteiger partial charge in [-0.3, -0.25) is 9.59 Å². The molecule has 3 rings (SSSR count). The number of esters is 1. The molecule has 0 radical (unpaired) electrons. The van der Waals surface area contributed by atoms with E-state index in [1.54, 1.807) is 13.8 Å². The summed E-state index contributed by atoms with van der Waals surface area (Å²) in [5, 5.41) is 0. The Kier molecular flexibility index (Phi) is 6.17. The molecule has 29 heavy (non-hydrogen) atoms. The second kappa shape index (κ2) is 8.60. The van der Waals surface area contributed by atoms with Crippen LogP contribution < -0.4 is 0 Å². The van der Waals surface area contributed by atoms with E-state index in [0.29, 0.717) is 5.57 Å². The largest absolute Gasteiger partial charge is 0.465 e. The first-order valence-corrected chi connectivity index (χ1v) is 10.2. The number of Topliss-reactive ketones (excluding diaryl/α,β-unsaturated/α-hetero) is 1. The van der Waals surface area contributed by atoms with Crippen LogP contribution in [0.5, 0.6) is 0 Å². The van der Waals surface area contributed by atoms with Crippen molar-refractivity contribution in [2.24, 2.45) is 5.41 Å². The molecular formula is C26H28O3. The fourth-order valence-electron chi connectivity index (χ4n) is 4.28. The lowest BCUT2D eigenvalue weighted by Crippen LogP contribution is -2.45. The topological polar surface area (TPSA) is 43.4 Å². The first kappa shape index (κ1) is 20.8. The van der Waals surface area contributed by atoms with Crippen LogP contribution >= 0.6 is 0 Å². The monoisotopic (exact) mass is 388 g/mol. The number of ketones is 1. The van der Waals surface area contributed by atoms with Gasteiger partial charge in [0.05, 0.1) is 6.61 Å². The quantitative estimate of drug-likeness (QED) is 0.485. The molecule has 0 bridgehead atoms. The molecule has 2 aromatic carbocycles. The second-order valence-electron chi connectivity index (χ2n) is 7.53. The number of carbonyl (C=O) groups excluding carboxylic acids is 2. The van der Waals surface area contributed by atoms with E-state index in [4.69, 9.17) is 4.74 Å². The molecule has 2 atom stereocenters. The molecule has 3 heteroatoms. The number of allylic oxidation sites excluding steroid dienone is 2. The Morgan fingerprint density at radius 1 is 1.03 bits per heavy atom. The zero-order valence-electron chi connectivity index (χ0n) is 17.6. The van der Waals surface area contributed by atoms with Crippen molar-refractivity contribution in [3.8, 4) is 0 Å². The van der Waals surface area contributed by atoms with Crippen LogP contribution in [0.25, 0.3) is 6.08 Å². The Labute approximate surface area is 173 Å². The maximum absolute atomic E-state index is 13.5. The minimum atomic E-state index is -1.35. The van der Waals surface area contributed by atoms with E-state index in [1.807, 2.05) is 61.5 Å². The van der Waals surface area contributed by atoms with Crippen molar-refractivity contribution in [3.05, 3.63) is 88.5 Å². The third kappa shape index (κ3) is 3.69. The van der Waals surface area contributed by atoms with Crippen molar-refractivity contribution in [3.63, 3.8) is 0 Å². The van der Waals surface area contributed by atoms with Gasteiger partial charge in [0, 0.05) is 5.92 Å². The Morgan fingerprint density at radius 3 is 2.17 bits per heavy atom. The summed E-state index contributed by atoms with van der Waals surface area (Å²) in [4.78, 5) is 26.7. The van der Waals surface area contributed by atoms with E-state index in [2.05, 4.69) is 19.1 Å². The van der Waals surface area contributed by atoms with Crippen molar-refractivity contribution >= 4 is 17.8 Å². The molecule has 0 aliphatic heterocycles. The van der Waals surface area contributed by atoms with Crippen molar-refractivity contribution in [1.82, 2.24) is 0 Å². The highest BCUT2D eigenvalue weighted by atomic mass is 16.5. The molecule has 0 aromatic heterocycles. The molecule has 2 aromatic rings. The molecule has 1 aliphatic rings. The first-order valence-electron chi connectivity index (χ1n) is 10.2. The van der Waals surface area contributed by atoms with Gasteiger partial charge in [0.1, 0.15) is 5.41 Å². The maximum Gasteiger partial charge on any atom is 0.323 e. The van der Waals surface area contributed by atoms with E-state index < -0.39 is 11.4 Å². The maximum atomic E-state index is 13.5. The molecule has 0 saturated carbocycles. The summed E-state index contributed by atoms with van der Waals surface area (Å²) in [7, 11) is 0. The van der Waals surface area contributed by atoms with E-state index >= 15 is 0 Å². The van der Waals surface area contributed by atoms with Crippen LogP contribution in [0.1, 0.15) is 51.2 Å². The van der Waals surface area contributed by atoms with Gasteiger partial charge in [-0.05, 0) is 49.5 Å². The molecule has 0 heterocycles. The van der Waals surface area contributed by atoms with Gasteiger partial charge in [0.2, 0.25) is 0 Å². The average Bonchev–Trinajstić information content (AvgIpc) is 2.75. The van der Waals surface area contributed by atoms with Crippen molar-refractivity contribution in [1.29, 1.82) is 0 Å². The zero-order chi connectivity index (χ0) is 21.0. The summed E-state index contributed by atoms with van der Waals surface area (Å²) in [5.41, 5.74) is 3.19. The molecule has 150 valence electrons. The fraction of sp³-hybridized carbons (Fsp3) is 0.308. The van der Waals surface area contributed by atoms with Crippen LogP contribution in [0, 0.1) is 5.41 Å². The molecule has 3 nitrogen and oxygen atoms in total. The lowest BCUT2D eigenvalue weighted by atomic mass is 9.61. The number of benzene rings is 2. The van der Waals surface area contributed by atoms with Crippen molar-refractivity contribution < 1.29 is 14.3 Å². The van der Waals surface area contributed by atoms with E-state index in [-0.39, 0.29) is 18.3 Å². The van der Waals surface area contributed by atoms with Gasteiger partial charge in [-0.25, -0.2) is 0 Å². The van der Waals surface area contributed by atoms with Gasteiger partial charge in [-0.1, -0.05) is 79.2 Å². The van der Waals surface area contributed by atoms with Gasteiger partial charge >= 0.3 is 5.97 Å². The van der Waals surface area contributed by atoms with E-state index in [1.165, 1.54) is 0 Å². The van der Waals surface area contributed by atoms with Gasteiger partial charge in [0.15, 0.2) is 5.78 Å². The standard InChI is InChI=1S/C26H28O3/c1-5-21-18(3)24(27)26(4,25(28)29-6-2)22(17-19-13-9-7-10-14-19)23(21)20-15-11-8-12-16-20/h7-17,23H,5-6H2,1-4H3/b22-17-/t23-,26+/m1/s1. The molecule has 0 saturated heterocycles. The van der Waals surface area contributed by atoms with Crippen LogP contribution in [-0.2, 0) is 14.3 Å². The number of hydrogen-bond acceptors (Lipinski definition) is 3. The SMILES string of the molecule is CCOC(=O)[C@]1(C)C(=O)C(C)=C(CC)[C@@H](c2ccccc2)/C1=C/c1ccccc1. The highest BCUT2D eigenvalue weighted by molar-refractivity contribution is 6.17. The van der Waals surface area contributed by atoms with Gasteiger partial charge < -0.3 is 4.74 Å². The Balaban J connectivity index is 2.34. The minimum absolute atomic E-state index is 0.145. The highest BCUT2D eigenvalue weighted by Crippen LogP contribution is 2.51. The predicted molar refractivity (Wildman–Crippen MR) is 116 cm³/mol. The average molecular weight is 389 g/mol. The smallest absolute Gasteiger partial charge is 0.323 e. The van der Waals surface area contributed by atoms with E-state index in [9.17, 15) is 9.59 Å². The molecule has 0 fully saturated rings. The summed E-state index contributed by atoms with van der Waals surface area (Å²) >= 11 is 0. The first-order chi connectivity index (χ1) is 13.9. The van der Waals surface area contributed by atoms with Gasteiger partial charge in [0.25, 0.3) is 0 Å². The van der Waals surface area contributed by atoms with Crippen LogP contribution in [-0.4, -0.2) is 18.4 Å². The van der Waals surface area contributed by atoms with Gasteiger partial charge in [-0.15, -0.1) is 0 Å². The number of ether oxygens (including phenoxy) is 1.